The Balaban J connectivity index is 1.70. The molecule has 0 saturated heterocycles. The number of carbonyl (C=O) groups excluding carboxylic acids is 1. The lowest BCUT2D eigenvalue weighted by Gasteiger charge is -2.34. The summed E-state index contributed by atoms with van der Waals surface area (Å²) in [5.74, 6) is -1.98. The Labute approximate surface area is 208 Å². The van der Waals surface area contributed by atoms with Crippen molar-refractivity contribution in [3.8, 4) is 5.95 Å². The quantitative estimate of drug-likeness (QED) is 0.461. The molecule has 1 aliphatic heterocycles. The summed E-state index contributed by atoms with van der Waals surface area (Å²) >= 11 is 8.13. The molecule has 182 valence electrons. The number of hydrogen-bond acceptors (Lipinski definition) is 6. The van der Waals surface area contributed by atoms with E-state index < -0.39 is 35.2 Å². The van der Waals surface area contributed by atoms with Crippen molar-refractivity contribution in [2.75, 3.05) is 0 Å². The lowest BCUT2D eigenvalue weighted by atomic mass is 9.98. The number of fused-ring (bicyclic) bond motifs is 1. The number of alkyl halides is 3. The number of halogens is 4. The third-order valence-corrected chi connectivity index (χ3v) is 6.49. The summed E-state index contributed by atoms with van der Waals surface area (Å²) in [6, 6.07) is 2.73. The van der Waals surface area contributed by atoms with Crippen molar-refractivity contribution in [3.63, 3.8) is 0 Å². The molecule has 1 unspecified atom stereocenters. The first kappa shape index (κ1) is 24.7. The van der Waals surface area contributed by atoms with Crippen molar-refractivity contribution in [3.05, 3.63) is 78.1 Å². The van der Waals surface area contributed by atoms with Crippen LogP contribution in [-0.2, 0) is 19.1 Å². The molecule has 0 fully saturated rings. The zero-order valence-corrected chi connectivity index (χ0v) is 20.2. The van der Waals surface area contributed by atoms with E-state index in [2.05, 4.69) is 30.9 Å². The second-order valence-corrected chi connectivity index (χ2v) is 9.02. The van der Waals surface area contributed by atoms with Crippen LogP contribution in [0.2, 0.25) is 0 Å². The Kier molecular flexibility index (Phi) is 6.36. The minimum atomic E-state index is -4.64. The van der Waals surface area contributed by atoms with E-state index in [1.165, 1.54) is 17.0 Å². The fraction of sp³-hybridized carbons (Fsp3) is 0.238. The molecule has 0 radical (unpaired) electrons. The average molecular weight is 570 g/mol. The average Bonchev–Trinajstić information content (AvgIpc) is 2.79. The highest BCUT2D eigenvalue weighted by atomic mass is 79.9. The van der Waals surface area contributed by atoms with Gasteiger partial charge in [0, 0.05) is 39.7 Å². The van der Waals surface area contributed by atoms with Crippen molar-refractivity contribution < 1.29 is 27.9 Å². The Morgan fingerprint density at radius 1 is 1.23 bits per heavy atom. The maximum atomic E-state index is 13.3. The van der Waals surface area contributed by atoms with E-state index in [1.807, 2.05) is 0 Å². The van der Waals surface area contributed by atoms with Gasteiger partial charge in [0.25, 0.3) is 11.5 Å². The molecule has 0 spiro atoms. The van der Waals surface area contributed by atoms with Gasteiger partial charge in [-0.2, -0.15) is 13.2 Å². The number of aromatic nitrogens is 4. The lowest BCUT2D eigenvalue weighted by Crippen LogP contribution is -2.46. The van der Waals surface area contributed by atoms with Crippen molar-refractivity contribution in [2.24, 2.45) is 0 Å². The van der Waals surface area contributed by atoms with Gasteiger partial charge < -0.3 is 15.0 Å². The smallest absolute Gasteiger partial charge is 0.417 e. The highest BCUT2D eigenvalue weighted by Gasteiger charge is 2.35. The molecule has 14 heteroatoms. The van der Waals surface area contributed by atoms with E-state index in [4.69, 9.17) is 17.3 Å². The molecule has 35 heavy (non-hydrogen) atoms. The van der Waals surface area contributed by atoms with Crippen LogP contribution in [0, 0.1) is 4.77 Å². The first-order chi connectivity index (χ1) is 16.4. The zero-order valence-electron chi connectivity index (χ0n) is 17.8. The Morgan fingerprint density at radius 3 is 2.49 bits per heavy atom. The number of nitrogens with one attached hydrogen (secondary N) is 1. The van der Waals surface area contributed by atoms with E-state index >= 15 is 0 Å². The Morgan fingerprint density at radius 2 is 1.89 bits per heavy atom. The molecular weight excluding hydrogens is 555 g/mol. The summed E-state index contributed by atoms with van der Waals surface area (Å²) in [5, 5.41) is 9.00. The van der Waals surface area contributed by atoms with Crippen LogP contribution in [0.4, 0.5) is 13.2 Å². The van der Waals surface area contributed by atoms with Gasteiger partial charge in [-0.25, -0.2) is 19.3 Å². The standard InChI is InChI=1S/C21H15BrF3N5O4S/c1-9-4-12-15(8-29(9)16(31)10-2-3-14(22)13(5-10)21(23,24)25)28-20(35)30(17(12)32)19-26-6-11(7-27-19)18(33)34/h2-3,5-7,9H,4,8H2,1H3,(H,28,35)(H,33,34). The molecular formula is C21H15BrF3N5O4S. The van der Waals surface area contributed by atoms with E-state index in [0.29, 0.717) is 11.3 Å². The van der Waals surface area contributed by atoms with Crippen molar-refractivity contribution >= 4 is 40.0 Å². The summed E-state index contributed by atoms with van der Waals surface area (Å²) in [7, 11) is 0. The summed E-state index contributed by atoms with van der Waals surface area (Å²) in [6.07, 6.45) is -2.46. The summed E-state index contributed by atoms with van der Waals surface area (Å²) in [6.45, 7) is 1.60. The maximum Gasteiger partial charge on any atom is 0.417 e. The molecule has 1 amide bonds. The molecule has 2 N–H and O–H groups in total. The topological polar surface area (TPSA) is 121 Å². The second-order valence-electron chi connectivity index (χ2n) is 7.78. The fourth-order valence-corrected chi connectivity index (χ4v) is 4.50. The molecule has 1 aliphatic rings. The van der Waals surface area contributed by atoms with Gasteiger partial charge in [0.2, 0.25) is 5.95 Å². The van der Waals surface area contributed by atoms with Crippen LogP contribution in [0.3, 0.4) is 0 Å². The zero-order chi connectivity index (χ0) is 25.7. The van der Waals surface area contributed by atoms with Crippen LogP contribution in [0.25, 0.3) is 5.95 Å². The molecule has 0 aliphatic carbocycles. The van der Waals surface area contributed by atoms with Crippen molar-refractivity contribution in [1.82, 2.24) is 24.4 Å². The van der Waals surface area contributed by atoms with Crippen LogP contribution >= 0.6 is 28.1 Å². The molecule has 0 saturated carbocycles. The molecule has 1 aromatic carbocycles. The highest BCUT2D eigenvalue weighted by Crippen LogP contribution is 2.36. The minimum absolute atomic E-state index is 0.0781. The van der Waals surface area contributed by atoms with Crippen molar-refractivity contribution in [1.29, 1.82) is 0 Å². The number of aromatic amines is 1. The van der Waals surface area contributed by atoms with Gasteiger partial charge in [-0.1, -0.05) is 15.9 Å². The Bertz CT molecular complexity index is 1470. The van der Waals surface area contributed by atoms with Gasteiger partial charge >= 0.3 is 12.1 Å². The van der Waals surface area contributed by atoms with Crippen LogP contribution in [0.1, 0.15) is 44.5 Å². The summed E-state index contributed by atoms with van der Waals surface area (Å²) in [5.41, 5.74) is -1.15. The fourth-order valence-electron chi connectivity index (χ4n) is 3.74. The first-order valence-corrected chi connectivity index (χ1v) is 11.2. The lowest BCUT2D eigenvalue weighted by molar-refractivity contribution is -0.138. The second kappa shape index (κ2) is 9.00. The van der Waals surface area contributed by atoms with Crippen LogP contribution in [0.15, 0.2) is 39.9 Å². The Hall–Kier alpha value is -3.39. The number of rotatable bonds is 3. The van der Waals surface area contributed by atoms with Crippen LogP contribution in [-0.4, -0.2) is 47.4 Å². The number of carboxylic acids is 1. The minimum Gasteiger partial charge on any atom is -0.478 e. The van der Waals surface area contributed by atoms with Gasteiger partial charge in [0.05, 0.1) is 17.7 Å². The molecule has 2 aromatic heterocycles. The van der Waals surface area contributed by atoms with Crippen LogP contribution in [0.5, 0.6) is 0 Å². The number of benzene rings is 1. The molecule has 4 rings (SSSR count). The SMILES string of the molecule is CC1Cc2c([nH]c(=S)n(-c3ncc(C(=O)O)cn3)c2=O)CN1C(=O)c1ccc(Br)c(C(F)(F)F)c1. The molecule has 1 atom stereocenters. The van der Waals surface area contributed by atoms with Gasteiger partial charge in [-0.3, -0.25) is 9.59 Å². The predicted molar refractivity (Wildman–Crippen MR) is 122 cm³/mol. The largest absolute Gasteiger partial charge is 0.478 e. The number of aromatic carboxylic acids is 1. The van der Waals surface area contributed by atoms with E-state index in [0.717, 1.165) is 23.0 Å². The first-order valence-electron chi connectivity index (χ1n) is 9.99. The predicted octanol–water partition coefficient (Wildman–Crippen LogP) is 3.75. The third kappa shape index (κ3) is 4.62. The van der Waals surface area contributed by atoms with Crippen molar-refractivity contribution in [2.45, 2.75) is 32.1 Å². The monoisotopic (exact) mass is 569 g/mol. The molecule has 9 nitrogen and oxygen atoms in total. The highest BCUT2D eigenvalue weighted by molar-refractivity contribution is 9.10. The van der Waals surface area contributed by atoms with Crippen LogP contribution < -0.4 is 5.56 Å². The van der Waals surface area contributed by atoms with Gasteiger partial charge in [-0.15, -0.1) is 0 Å². The van der Waals surface area contributed by atoms with Gasteiger partial charge in [0.15, 0.2) is 4.77 Å². The number of H-pyrrole nitrogens is 1. The number of hydrogen-bond donors (Lipinski definition) is 2. The number of amides is 1. The third-order valence-electron chi connectivity index (χ3n) is 5.51. The van der Waals surface area contributed by atoms with E-state index in [1.54, 1.807) is 6.92 Å². The number of carboxylic acid groups (broad SMARTS) is 1. The normalized spacial score (nSPS) is 15.6. The summed E-state index contributed by atoms with van der Waals surface area (Å²) in [4.78, 5) is 49.3. The van der Waals surface area contributed by atoms with Gasteiger partial charge in [-0.05, 0) is 43.8 Å². The van der Waals surface area contributed by atoms with E-state index in [9.17, 15) is 27.6 Å². The molecule has 0 bridgehead atoms. The number of nitrogens with zero attached hydrogens (tertiary/aromatic N) is 4. The molecule has 3 aromatic rings. The van der Waals surface area contributed by atoms with Gasteiger partial charge in [0.1, 0.15) is 0 Å². The van der Waals surface area contributed by atoms with E-state index in [-0.39, 0.29) is 39.3 Å². The maximum absolute atomic E-state index is 13.3. The summed E-state index contributed by atoms with van der Waals surface area (Å²) < 4.78 is 40.6. The number of carbonyl (C=O) groups is 2. The molecule has 3 heterocycles.